The van der Waals surface area contributed by atoms with Crippen LogP contribution in [0.3, 0.4) is 0 Å². The predicted octanol–water partition coefficient (Wildman–Crippen LogP) is 3.05. The van der Waals surface area contributed by atoms with Gasteiger partial charge >= 0.3 is 0 Å². The molecule has 0 saturated heterocycles. The molecule has 1 aromatic rings. The zero-order chi connectivity index (χ0) is 11.2. The maximum Gasteiger partial charge on any atom is 0.127 e. The molecule has 1 fully saturated rings. The lowest BCUT2D eigenvalue weighted by Crippen LogP contribution is -2.05. The summed E-state index contributed by atoms with van der Waals surface area (Å²) in [5.41, 5.74) is 6.45. The minimum Gasteiger partial charge on any atom is -0.399 e. The highest BCUT2D eigenvalue weighted by Gasteiger charge is 2.13. The quantitative estimate of drug-likeness (QED) is 0.748. The van der Waals surface area contributed by atoms with Crippen LogP contribution in [0.5, 0.6) is 0 Å². The molecule has 1 saturated carbocycles. The summed E-state index contributed by atoms with van der Waals surface area (Å²) in [5, 5.41) is 3.32. The van der Waals surface area contributed by atoms with E-state index in [2.05, 4.69) is 10.3 Å². The minimum atomic E-state index is 0.772. The first kappa shape index (κ1) is 11.2. The van der Waals surface area contributed by atoms with E-state index in [9.17, 15) is 0 Å². The maximum atomic E-state index is 5.68. The van der Waals surface area contributed by atoms with Crippen molar-refractivity contribution in [3.05, 3.63) is 18.3 Å². The molecule has 0 amide bonds. The molecule has 0 unspecified atom stereocenters. The molecule has 3 N–H and O–H groups in total. The largest absolute Gasteiger partial charge is 0.399 e. The first-order chi connectivity index (χ1) is 7.84. The smallest absolute Gasteiger partial charge is 0.127 e. The average molecular weight is 219 g/mol. The number of aromatic nitrogens is 1. The Kier molecular flexibility index (Phi) is 4.03. The molecule has 1 aromatic heterocycles. The van der Waals surface area contributed by atoms with Gasteiger partial charge in [0.2, 0.25) is 0 Å². The number of hydrogen-bond acceptors (Lipinski definition) is 3. The van der Waals surface area contributed by atoms with Crippen molar-refractivity contribution in [3.63, 3.8) is 0 Å². The molecule has 88 valence electrons. The van der Waals surface area contributed by atoms with Crippen LogP contribution >= 0.6 is 0 Å². The SMILES string of the molecule is Nc1ccnc(NCCCC2CCCC2)c1. The number of nitrogens with zero attached hydrogens (tertiary/aromatic N) is 1. The molecular weight excluding hydrogens is 198 g/mol. The van der Waals surface area contributed by atoms with Crippen molar-refractivity contribution in [2.24, 2.45) is 5.92 Å². The van der Waals surface area contributed by atoms with Crippen LogP contribution in [-0.2, 0) is 0 Å². The lowest BCUT2D eigenvalue weighted by molar-refractivity contribution is 0.491. The van der Waals surface area contributed by atoms with Crippen molar-refractivity contribution in [1.29, 1.82) is 0 Å². The number of nitrogen functional groups attached to an aromatic ring is 1. The Morgan fingerprint density at radius 1 is 1.38 bits per heavy atom. The highest BCUT2D eigenvalue weighted by Crippen LogP contribution is 2.28. The van der Waals surface area contributed by atoms with E-state index >= 15 is 0 Å². The molecule has 0 atom stereocenters. The van der Waals surface area contributed by atoms with Gasteiger partial charge in [-0.2, -0.15) is 0 Å². The monoisotopic (exact) mass is 219 g/mol. The molecule has 3 nitrogen and oxygen atoms in total. The molecule has 1 aliphatic carbocycles. The maximum absolute atomic E-state index is 5.68. The van der Waals surface area contributed by atoms with Crippen LogP contribution in [0, 0.1) is 5.92 Å². The Balaban J connectivity index is 1.64. The molecule has 0 aromatic carbocycles. The Morgan fingerprint density at radius 3 is 2.94 bits per heavy atom. The van der Waals surface area contributed by atoms with E-state index in [1.165, 1.54) is 38.5 Å². The molecule has 16 heavy (non-hydrogen) atoms. The van der Waals surface area contributed by atoms with Gasteiger partial charge in [-0.05, 0) is 24.8 Å². The van der Waals surface area contributed by atoms with Gasteiger partial charge in [-0.25, -0.2) is 4.98 Å². The average Bonchev–Trinajstić information content (AvgIpc) is 2.77. The van der Waals surface area contributed by atoms with Gasteiger partial charge in [0.25, 0.3) is 0 Å². The summed E-state index contributed by atoms with van der Waals surface area (Å²) in [6.45, 7) is 1.01. The van der Waals surface area contributed by atoms with Crippen LogP contribution in [0.1, 0.15) is 38.5 Å². The van der Waals surface area contributed by atoms with E-state index in [1.807, 2.05) is 12.1 Å². The third kappa shape index (κ3) is 3.40. The summed E-state index contributed by atoms with van der Waals surface area (Å²) in [7, 11) is 0. The van der Waals surface area contributed by atoms with E-state index in [4.69, 9.17) is 5.73 Å². The van der Waals surface area contributed by atoms with Crippen LogP contribution in [-0.4, -0.2) is 11.5 Å². The van der Waals surface area contributed by atoms with Crippen molar-refractivity contribution in [2.45, 2.75) is 38.5 Å². The summed E-state index contributed by atoms with van der Waals surface area (Å²) >= 11 is 0. The van der Waals surface area contributed by atoms with Gasteiger partial charge in [0, 0.05) is 24.5 Å². The molecule has 0 aliphatic heterocycles. The number of anilines is 2. The highest BCUT2D eigenvalue weighted by molar-refractivity contribution is 5.48. The second kappa shape index (κ2) is 5.73. The highest BCUT2D eigenvalue weighted by atomic mass is 15.0. The van der Waals surface area contributed by atoms with Crippen molar-refractivity contribution in [2.75, 3.05) is 17.6 Å². The van der Waals surface area contributed by atoms with Crippen LogP contribution in [0.15, 0.2) is 18.3 Å². The Bertz CT molecular complexity index is 319. The molecule has 0 bridgehead atoms. The van der Waals surface area contributed by atoms with Gasteiger partial charge in [0.15, 0.2) is 0 Å². The standard InChI is InChI=1S/C13H21N3/c14-12-7-9-16-13(10-12)15-8-3-6-11-4-1-2-5-11/h7,9-11H,1-6,8H2,(H3,14,15,16). The van der Waals surface area contributed by atoms with Crippen molar-refractivity contribution in [3.8, 4) is 0 Å². The van der Waals surface area contributed by atoms with Crippen LogP contribution in [0.4, 0.5) is 11.5 Å². The fourth-order valence-corrected chi connectivity index (χ4v) is 2.45. The molecule has 3 heteroatoms. The Hall–Kier alpha value is -1.25. The van der Waals surface area contributed by atoms with Crippen molar-refractivity contribution >= 4 is 11.5 Å². The third-order valence-corrected chi connectivity index (χ3v) is 3.35. The normalized spacial score (nSPS) is 16.5. The lowest BCUT2D eigenvalue weighted by Gasteiger charge is -2.09. The zero-order valence-corrected chi connectivity index (χ0v) is 9.78. The first-order valence-corrected chi connectivity index (χ1v) is 6.30. The number of rotatable bonds is 5. The molecule has 1 heterocycles. The van der Waals surface area contributed by atoms with Gasteiger partial charge in [-0.3, -0.25) is 0 Å². The predicted molar refractivity (Wildman–Crippen MR) is 68.3 cm³/mol. The molecule has 0 spiro atoms. The first-order valence-electron chi connectivity index (χ1n) is 6.30. The van der Waals surface area contributed by atoms with E-state index in [-0.39, 0.29) is 0 Å². The zero-order valence-electron chi connectivity index (χ0n) is 9.78. The number of hydrogen-bond donors (Lipinski definition) is 2. The van der Waals surface area contributed by atoms with Crippen LogP contribution < -0.4 is 11.1 Å². The minimum absolute atomic E-state index is 0.772. The fraction of sp³-hybridized carbons (Fsp3) is 0.615. The molecule has 1 aliphatic rings. The molecular formula is C13H21N3. The number of nitrogens with two attached hydrogens (primary N) is 1. The topological polar surface area (TPSA) is 50.9 Å². The fourth-order valence-electron chi connectivity index (χ4n) is 2.45. The van der Waals surface area contributed by atoms with Gasteiger partial charge in [0.05, 0.1) is 0 Å². The number of pyridine rings is 1. The van der Waals surface area contributed by atoms with Gasteiger partial charge < -0.3 is 11.1 Å². The van der Waals surface area contributed by atoms with E-state index in [0.29, 0.717) is 0 Å². The molecule has 0 radical (unpaired) electrons. The Labute approximate surface area is 97.5 Å². The Morgan fingerprint density at radius 2 is 2.19 bits per heavy atom. The van der Waals surface area contributed by atoms with Crippen LogP contribution in [0.25, 0.3) is 0 Å². The van der Waals surface area contributed by atoms with Gasteiger partial charge in [0.1, 0.15) is 5.82 Å². The summed E-state index contributed by atoms with van der Waals surface area (Å²) in [4.78, 5) is 4.22. The summed E-state index contributed by atoms with van der Waals surface area (Å²) in [5.74, 6) is 1.88. The second-order valence-electron chi connectivity index (χ2n) is 4.69. The van der Waals surface area contributed by atoms with E-state index in [0.717, 1.165) is 24.0 Å². The van der Waals surface area contributed by atoms with Gasteiger partial charge in [-0.15, -0.1) is 0 Å². The second-order valence-corrected chi connectivity index (χ2v) is 4.69. The van der Waals surface area contributed by atoms with E-state index < -0.39 is 0 Å². The lowest BCUT2D eigenvalue weighted by atomic mass is 10.0. The summed E-state index contributed by atoms with van der Waals surface area (Å²) in [6, 6.07) is 3.69. The summed E-state index contributed by atoms with van der Waals surface area (Å²) < 4.78 is 0. The van der Waals surface area contributed by atoms with E-state index in [1.54, 1.807) is 6.20 Å². The van der Waals surface area contributed by atoms with Crippen molar-refractivity contribution < 1.29 is 0 Å². The number of nitrogens with one attached hydrogen (secondary N) is 1. The van der Waals surface area contributed by atoms with Crippen LogP contribution in [0.2, 0.25) is 0 Å². The third-order valence-electron chi connectivity index (χ3n) is 3.35. The van der Waals surface area contributed by atoms with Crippen molar-refractivity contribution in [1.82, 2.24) is 4.98 Å². The van der Waals surface area contributed by atoms with Gasteiger partial charge in [-0.1, -0.05) is 25.7 Å². The molecule has 2 rings (SSSR count). The summed E-state index contributed by atoms with van der Waals surface area (Å²) in [6.07, 6.45) is 10.1.